The summed E-state index contributed by atoms with van der Waals surface area (Å²) in [6.45, 7) is 0.776. The van der Waals surface area contributed by atoms with Crippen LogP contribution in [0.2, 0.25) is 0 Å². The molecular weight excluding hydrogens is 188 g/mol. The number of aliphatic hydroxyl groups excluding tert-OH is 1. The predicted molar refractivity (Wildman–Crippen MR) is 51.4 cm³/mol. The zero-order valence-corrected chi connectivity index (χ0v) is 8.50. The number of rotatable bonds is 2. The molecule has 1 saturated heterocycles. The maximum atomic E-state index is 12.9. The van der Waals surface area contributed by atoms with Gasteiger partial charge in [-0.2, -0.15) is 0 Å². The SMILES string of the molecule is [2H]C([2H])([2H])N1CC[C@H](C(F)F)[C@](C)(C(C)O)C1. The second-order valence-electron chi connectivity index (χ2n) is 4.33. The summed E-state index contributed by atoms with van der Waals surface area (Å²) >= 11 is 0. The lowest BCUT2D eigenvalue weighted by Crippen LogP contribution is -2.53. The minimum Gasteiger partial charge on any atom is -0.393 e. The standard InChI is InChI=1S/C10H19F2NO/c1-7(14)10(2)6-13(3)5-4-8(10)9(11)12/h7-9,14H,4-6H2,1-3H3/t7?,8-,10+/m1/s1/i3D3. The minimum absolute atomic E-state index is 0.0316. The van der Waals surface area contributed by atoms with Crippen LogP contribution < -0.4 is 0 Å². The molecule has 0 aromatic carbocycles. The molecule has 0 bridgehead atoms. The van der Waals surface area contributed by atoms with Crippen molar-refractivity contribution < 1.29 is 18.0 Å². The molecule has 0 aromatic heterocycles. The molecule has 1 N–H and O–H groups in total. The van der Waals surface area contributed by atoms with Gasteiger partial charge in [0.25, 0.3) is 0 Å². The van der Waals surface area contributed by atoms with Crippen LogP contribution in [0, 0.1) is 11.3 Å². The van der Waals surface area contributed by atoms with Crippen molar-refractivity contribution in [1.29, 1.82) is 0 Å². The Kier molecular flexibility index (Phi) is 2.34. The van der Waals surface area contributed by atoms with Crippen molar-refractivity contribution in [3.63, 3.8) is 0 Å². The van der Waals surface area contributed by atoms with Gasteiger partial charge in [-0.25, -0.2) is 8.78 Å². The Morgan fingerprint density at radius 2 is 2.29 bits per heavy atom. The van der Waals surface area contributed by atoms with E-state index in [9.17, 15) is 13.9 Å². The van der Waals surface area contributed by atoms with Crippen molar-refractivity contribution in [3.8, 4) is 0 Å². The van der Waals surface area contributed by atoms with E-state index in [1.807, 2.05) is 0 Å². The van der Waals surface area contributed by atoms with Crippen molar-refractivity contribution >= 4 is 0 Å². The van der Waals surface area contributed by atoms with Crippen LogP contribution in [0.3, 0.4) is 0 Å². The Bertz CT molecular complexity index is 273. The highest BCUT2D eigenvalue weighted by Gasteiger charge is 2.46. The second kappa shape index (κ2) is 4.11. The highest BCUT2D eigenvalue weighted by atomic mass is 19.3. The van der Waals surface area contributed by atoms with E-state index < -0.39 is 30.8 Å². The van der Waals surface area contributed by atoms with Crippen molar-refractivity contribution in [2.24, 2.45) is 11.3 Å². The number of alkyl halides is 2. The molecule has 0 aromatic rings. The quantitative estimate of drug-likeness (QED) is 0.748. The highest BCUT2D eigenvalue weighted by molar-refractivity contribution is 4.93. The van der Waals surface area contributed by atoms with Crippen LogP contribution in [0.1, 0.15) is 24.4 Å². The van der Waals surface area contributed by atoms with E-state index in [-0.39, 0.29) is 19.5 Å². The van der Waals surface area contributed by atoms with Crippen LogP contribution >= 0.6 is 0 Å². The molecule has 1 rings (SSSR count). The lowest BCUT2D eigenvalue weighted by molar-refractivity contribution is -0.103. The molecule has 14 heavy (non-hydrogen) atoms. The zero-order chi connectivity index (χ0) is 13.4. The lowest BCUT2D eigenvalue weighted by atomic mass is 9.69. The summed E-state index contributed by atoms with van der Waals surface area (Å²) in [5, 5.41) is 9.70. The third kappa shape index (κ3) is 2.06. The Morgan fingerprint density at radius 3 is 2.71 bits per heavy atom. The molecule has 0 saturated carbocycles. The first-order valence-corrected chi connectivity index (χ1v) is 4.80. The molecule has 1 unspecified atom stereocenters. The van der Waals surface area contributed by atoms with Crippen LogP contribution in [-0.2, 0) is 0 Å². The van der Waals surface area contributed by atoms with Gasteiger partial charge in [0.2, 0.25) is 6.43 Å². The minimum atomic E-state index is -2.53. The topological polar surface area (TPSA) is 23.5 Å². The molecule has 0 radical (unpaired) electrons. The fourth-order valence-corrected chi connectivity index (χ4v) is 2.09. The number of likely N-dealkylation sites (tertiary alicyclic amines) is 1. The van der Waals surface area contributed by atoms with E-state index in [0.29, 0.717) is 0 Å². The van der Waals surface area contributed by atoms with Gasteiger partial charge in [-0.15, -0.1) is 0 Å². The maximum Gasteiger partial charge on any atom is 0.242 e. The fourth-order valence-electron chi connectivity index (χ4n) is 2.09. The van der Waals surface area contributed by atoms with Crippen LogP contribution in [0.15, 0.2) is 0 Å². The molecule has 1 fully saturated rings. The Labute approximate surface area is 88.1 Å². The van der Waals surface area contributed by atoms with E-state index in [4.69, 9.17) is 4.11 Å². The summed E-state index contributed by atoms with van der Waals surface area (Å²) in [5.74, 6) is -0.957. The van der Waals surface area contributed by atoms with Crippen LogP contribution in [-0.4, -0.2) is 42.6 Å². The first kappa shape index (κ1) is 7.99. The molecule has 3 atom stereocenters. The Morgan fingerprint density at radius 1 is 1.64 bits per heavy atom. The fraction of sp³-hybridized carbons (Fsp3) is 1.00. The number of aliphatic hydroxyl groups is 1. The maximum absolute atomic E-state index is 12.9. The van der Waals surface area contributed by atoms with Gasteiger partial charge in [-0.1, -0.05) is 6.92 Å². The molecule has 1 aliphatic rings. The van der Waals surface area contributed by atoms with Crippen LogP contribution in [0.4, 0.5) is 8.78 Å². The summed E-state index contributed by atoms with van der Waals surface area (Å²) in [5.41, 5.74) is -1.08. The molecular formula is C10H19F2NO. The molecule has 0 amide bonds. The van der Waals surface area contributed by atoms with E-state index in [2.05, 4.69) is 0 Å². The van der Waals surface area contributed by atoms with Crippen molar-refractivity contribution in [3.05, 3.63) is 0 Å². The van der Waals surface area contributed by atoms with Gasteiger partial charge in [-0.3, -0.25) is 0 Å². The molecule has 4 heteroatoms. The molecule has 0 aliphatic carbocycles. The summed E-state index contributed by atoms with van der Waals surface area (Å²) < 4.78 is 47.8. The number of piperidine rings is 1. The summed E-state index contributed by atoms with van der Waals surface area (Å²) in [6, 6.07) is 0. The Hall–Kier alpha value is -0.220. The van der Waals surface area contributed by atoms with E-state index in [0.717, 1.165) is 0 Å². The molecule has 84 valence electrons. The zero-order valence-electron chi connectivity index (χ0n) is 11.5. The summed E-state index contributed by atoms with van der Waals surface area (Å²) in [6.07, 6.45) is -3.41. The van der Waals surface area contributed by atoms with Crippen LogP contribution in [0.5, 0.6) is 0 Å². The van der Waals surface area contributed by atoms with E-state index in [1.54, 1.807) is 0 Å². The molecule has 1 aliphatic heterocycles. The van der Waals surface area contributed by atoms with Gasteiger partial charge in [0.15, 0.2) is 0 Å². The van der Waals surface area contributed by atoms with E-state index in [1.165, 1.54) is 18.7 Å². The second-order valence-corrected chi connectivity index (χ2v) is 4.33. The first-order chi connectivity index (χ1) is 7.59. The monoisotopic (exact) mass is 210 g/mol. The number of hydrogen-bond donors (Lipinski definition) is 1. The number of nitrogens with zero attached hydrogens (tertiary/aromatic N) is 1. The predicted octanol–water partition coefficient (Wildman–Crippen LogP) is 1.59. The number of halogens is 2. The molecule has 2 nitrogen and oxygen atoms in total. The highest BCUT2D eigenvalue weighted by Crippen LogP contribution is 2.41. The van der Waals surface area contributed by atoms with Crippen LogP contribution in [0.25, 0.3) is 0 Å². The third-order valence-corrected chi connectivity index (χ3v) is 3.35. The largest absolute Gasteiger partial charge is 0.393 e. The summed E-state index contributed by atoms with van der Waals surface area (Å²) in [7, 11) is 0. The smallest absolute Gasteiger partial charge is 0.242 e. The molecule has 0 spiro atoms. The van der Waals surface area contributed by atoms with Gasteiger partial charge in [0.1, 0.15) is 0 Å². The average Bonchev–Trinajstić information content (AvgIpc) is 2.15. The lowest BCUT2D eigenvalue weighted by Gasteiger charge is -2.46. The number of hydrogen-bond acceptors (Lipinski definition) is 2. The third-order valence-electron chi connectivity index (χ3n) is 3.35. The summed E-state index contributed by atoms with van der Waals surface area (Å²) in [4.78, 5) is 1.19. The molecule has 1 heterocycles. The average molecular weight is 210 g/mol. The van der Waals surface area contributed by atoms with Gasteiger partial charge >= 0.3 is 0 Å². The van der Waals surface area contributed by atoms with E-state index >= 15 is 0 Å². The van der Waals surface area contributed by atoms with Gasteiger partial charge in [0.05, 0.1) is 6.10 Å². The first-order valence-electron chi connectivity index (χ1n) is 6.30. The van der Waals surface area contributed by atoms with Gasteiger partial charge in [-0.05, 0) is 26.9 Å². The van der Waals surface area contributed by atoms with Crippen molar-refractivity contribution in [2.75, 3.05) is 20.1 Å². The normalized spacial score (nSPS) is 41.6. The van der Waals surface area contributed by atoms with Gasteiger partial charge in [0, 0.05) is 22.0 Å². The Balaban J connectivity index is 2.92. The van der Waals surface area contributed by atoms with Crippen molar-refractivity contribution in [1.82, 2.24) is 4.90 Å². The van der Waals surface area contributed by atoms with Gasteiger partial charge < -0.3 is 10.0 Å². The van der Waals surface area contributed by atoms with Crippen molar-refractivity contribution in [2.45, 2.75) is 32.8 Å².